The second kappa shape index (κ2) is 10.6. The van der Waals surface area contributed by atoms with E-state index in [-0.39, 0.29) is 29.6 Å². The first-order valence-electron chi connectivity index (χ1n) is 15.9. The molecule has 5 aromatic rings. The minimum absolute atomic E-state index is 0.153. The van der Waals surface area contributed by atoms with Crippen molar-refractivity contribution in [2.45, 2.75) is 18.8 Å². The van der Waals surface area contributed by atoms with E-state index in [2.05, 4.69) is 58.8 Å². The normalized spacial score (nSPS) is 22.8. The second-order valence-electron chi connectivity index (χ2n) is 9.78. The molecule has 1 N–H and O–H groups in total. The van der Waals surface area contributed by atoms with Crippen molar-refractivity contribution in [3.8, 4) is 22.3 Å². The summed E-state index contributed by atoms with van der Waals surface area (Å²) in [6.07, 6.45) is 3.08. The summed E-state index contributed by atoms with van der Waals surface area (Å²) in [4.78, 5) is 9.25. The van der Waals surface area contributed by atoms with E-state index >= 15 is 0 Å². The molecule has 0 saturated heterocycles. The fourth-order valence-corrected chi connectivity index (χ4v) is 5.13. The molecule has 1 aliphatic carbocycles. The number of benzene rings is 4. The Morgan fingerprint density at radius 3 is 2.45 bits per heavy atom. The van der Waals surface area contributed by atoms with Crippen LogP contribution in [0.5, 0.6) is 0 Å². The molecule has 2 aliphatic rings. The SMILES string of the molecule is [2H]C1=C([2H])C([2H])C([2H])C(C2=NC(c3cccc(-c4ccc5ccccc5c4)c3)C=C(c3cccc(-c4cccnc4)c3)N2)=C1[2H]. The maximum Gasteiger partial charge on any atom is 0.129 e. The second-order valence-corrected chi connectivity index (χ2v) is 9.78. The molecule has 2 heterocycles. The maximum atomic E-state index is 8.77. The van der Waals surface area contributed by atoms with Crippen molar-refractivity contribution >= 4 is 22.3 Å². The number of aliphatic imine (C=N–C) groups is 1. The molecule has 3 unspecified atom stereocenters. The van der Waals surface area contributed by atoms with Crippen molar-refractivity contribution in [3.05, 3.63) is 156 Å². The summed E-state index contributed by atoms with van der Waals surface area (Å²) < 4.78 is 42.3. The van der Waals surface area contributed by atoms with E-state index in [1.54, 1.807) is 6.20 Å². The summed E-state index contributed by atoms with van der Waals surface area (Å²) in [5, 5.41) is 5.68. The van der Waals surface area contributed by atoms with Gasteiger partial charge in [0.2, 0.25) is 0 Å². The molecule has 192 valence electrons. The fourth-order valence-electron chi connectivity index (χ4n) is 5.13. The van der Waals surface area contributed by atoms with Crippen LogP contribution in [-0.4, -0.2) is 10.8 Å². The van der Waals surface area contributed by atoms with Crippen molar-refractivity contribution in [1.29, 1.82) is 0 Å². The lowest BCUT2D eigenvalue weighted by Crippen LogP contribution is -2.28. The Kier molecular flexibility index (Phi) is 5.07. The largest absolute Gasteiger partial charge is 0.340 e. The standard InChI is InChI=1S/C37H29N3/c1-2-10-27(11-3-1)37-39-35(24-36(40-37)33-16-7-14-30(23-33)34-17-8-20-38-25-34)32-15-6-13-29(22-32)31-19-18-26-9-4-5-12-28(26)21-31/h1-2,4-10,12-25,35H,3,11H2,(H,39,40)/i1D,2D,3D,10D,11D. The number of allylic oxidation sites excluding steroid dienone is 3. The maximum absolute atomic E-state index is 8.77. The van der Waals surface area contributed by atoms with Crippen LogP contribution in [-0.2, 0) is 0 Å². The molecule has 0 amide bonds. The molecule has 4 aromatic carbocycles. The average molecular weight is 521 g/mol. The van der Waals surface area contributed by atoms with Gasteiger partial charge in [-0.2, -0.15) is 0 Å². The predicted molar refractivity (Wildman–Crippen MR) is 167 cm³/mol. The summed E-state index contributed by atoms with van der Waals surface area (Å²) in [6, 6.07) is 33.4. The Morgan fingerprint density at radius 2 is 1.55 bits per heavy atom. The monoisotopic (exact) mass is 520 g/mol. The van der Waals surface area contributed by atoms with Gasteiger partial charge in [0, 0.05) is 26.4 Å². The van der Waals surface area contributed by atoms with Gasteiger partial charge in [0.15, 0.2) is 0 Å². The van der Waals surface area contributed by atoms with Crippen molar-refractivity contribution in [3.63, 3.8) is 0 Å². The lowest BCUT2D eigenvalue weighted by atomic mass is 9.94. The van der Waals surface area contributed by atoms with Crippen LogP contribution in [0.25, 0.3) is 38.7 Å². The van der Waals surface area contributed by atoms with E-state index in [1.807, 2.05) is 66.9 Å². The molecule has 0 radical (unpaired) electrons. The number of hydrogen-bond acceptors (Lipinski definition) is 3. The van der Waals surface area contributed by atoms with E-state index < -0.39 is 18.8 Å². The minimum atomic E-state index is -1.27. The number of hydrogen-bond donors (Lipinski definition) is 1. The Hall–Kier alpha value is -5.02. The summed E-state index contributed by atoms with van der Waals surface area (Å²) in [7, 11) is 0. The van der Waals surface area contributed by atoms with Gasteiger partial charge in [-0.25, -0.2) is 0 Å². The molecule has 7 rings (SSSR count). The molecule has 0 spiro atoms. The number of nitrogens with one attached hydrogen (secondary N) is 1. The minimum Gasteiger partial charge on any atom is -0.340 e. The van der Waals surface area contributed by atoms with Gasteiger partial charge in [0.1, 0.15) is 5.84 Å². The van der Waals surface area contributed by atoms with Crippen molar-refractivity contribution in [2.24, 2.45) is 4.99 Å². The Labute approximate surface area is 242 Å². The van der Waals surface area contributed by atoms with Gasteiger partial charge >= 0.3 is 0 Å². The van der Waals surface area contributed by atoms with Crippen LogP contribution in [0, 0.1) is 0 Å². The molecular formula is C37H29N3. The van der Waals surface area contributed by atoms with Crippen LogP contribution in [0.1, 0.15) is 36.8 Å². The van der Waals surface area contributed by atoms with Crippen LogP contribution in [0.3, 0.4) is 0 Å². The van der Waals surface area contributed by atoms with Gasteiger partial charge in [0.25, 0.3) is 0 Å². The Balaban J connectivity index is 1.34. The van der Waals surface area contributed by atoms with Crippen molar-refractivity contribution < 1.29 is 6.85 Å². The first-order chi connectivity index (χ1) is 21.9. The zero-order valence-corrected chi connectivity index (χ0v) is 21.7. The first kappa shape index (κ1) is 19.1. The molecule has 3 nitrogen and oxygen atoms in total. The smallest absolute Gasteiger partial charge is 0.129 e. The van der Waals surface area contributed by atoms with Gasteiger partial charge in [-0.3, -0.25) is 9.98 Å². The van der Waals surface area contributed by atoms with Gasteiger partial charge < -0.3 is 5.32 Å². The molecule has 0 fully saturated rings. The number of nitrogens with zero attached hydrogens (tertiary/aromatic N) is 2. The fraction of sp³-hybridized carbons (Fsp3) is 0.0811. The van der Waals surface area contributed by atoms with E-state index in [9.17, 15) is 0 Å². The highest BCUT2D eigenvalue weighted by atomic mass is 15.0. The Morgan fingerprint density at radius 1 is 0.750 bits per heavy atom. The quantitative estimate of drug-likeness (QED) is 0.251. The van der Waals surface area contributed by atoms with Gasteiger partial charge in [-0.15, -0.1) is 0 Å². The zero-order valence-electron chi connectivity index (χ0n) is 26.7. The van der Waals surface area contributed by atoms with Gasteiger partial charge in [-0.05, 0) is 87.3 Å². The first-order valence-corrected chi connectivity index (χ1v) is 13.3. The van der Waals surface area contributed by atoms with Crippen molar-refractivity contribution in [1.82, 2.24) is 10.3 Å². The topological polar surface area (TPSA) is 37.3 Å². The predicted octanol–water partition coefficient (Wildman–Crippen LogP) is 8.93. The lowest BCUT2D eigenvalue weighted by Gasteiger charge is -2.25. The molecule has 3 atom stereocenters. The van der Waals surface area contributed by atoms with E-state index in [4.69, 9.17) is 11.8 Å². The van der Waals surface area contributed by atoms with Crippen molar-refractivity contribution in [2.75, 3.05) is 0 Å². The third-order valence-corrected chi connectivity index (χ3v) is 7.18. The molecule has 1 aromatic heterocycles. The van der Waals surface area contributed by atoms with Crippen LogP contribution in [0.2, 0.25) is 0 Å². The van der Waals surface area contributed by atoms with Crippen LogP contribution in [0.4, 0.5) is 0 Å². The molecular weight excluding hydrogens is 486 g/mol. The molecule has 1 aliphatic heterocycles. The highest BCUT2D eigenvalue weighted by Crippen LogP contribution is 2.33. The summed E-state index contributed by atoms with van der Waals surface area (Å²) in [5.74, 6) is 0.278. The van der Waals surface area contributed by atoms with E-state index in [0.29, 0.717) is 0 Å². The number of fused-ring (bicyclic) bond motifs is 1. The zero-order chi connectivity index (χ0) is 31.1. The number of aromatic nitrogens is 1. The van der Waals surface area contributed by atoms with E-state index in [0.717, 1.165) is 44.5 Å². The molecule has 0 bridgehead atoms. The van der Waals surface area contributed by atoms with Crippen LogP contribution < -0.4 is 5.32 Å². The summed E-state index contributed by atoms with van der Waals surface area (Å²) >= 11 is 0. The van der Waals surface area contributed by atoms with Crippen LogP contribution >= 0.6 is 0 Å². The third kappa shape index (κ3) is 4.90. The number of rotatable bonds is 5. The molecule has 40 heavy (non-hydrogen) atoms. The summed E-state index contributed by atoms with van der Waals surface area (Å²) in [6.45, 7) is 0. The Bertz CT molecular complexity index is 2070. The highest BCUT2D eigenvalue weighted by molar-refractivity contribution is 6.05. The van der Waals surface area contributed by atoms with Gasteiger partial charge in [0.05, 0.1) is 10.2 Å². The van der Waals surface area contributed by atoms with Crippen LogP contribution in [0.15, 0.2) is 150 Å². The third-order valence-electron chi connectivity index (χ3n) is 7.18. The van der Waals surface area contributed by atoms with E-state index in [1.165, 1.54) is 5.39 Å². The lowest BCUT2D eigenvalue weighted by molar-refractivity contribution is 0.869. The summed E-state index contributed by atoms with van der Waals surface area (Å²) in [5.41, 5.74) is 6.79. The number of amidine groups is 1. The highest BCUT2D eigenvalue weighted by Gasteiger charge is 2.21. The molecule has 3 heteroatoms. The number of pyridine rings is 1. The van der Waals surface area contributed by atoms with Gasteiger partial charge in [-0.1, -0.05) is 97.0 Å². The molecule has 0 saturated carbocycles. The average Bonchev–Trinajstić information content (AvgIpc) is 3.10.